The minimum Gasteiger partial charge on any atom is -0.493 e. The Bertz CT molecular complexity index is 798. The van der Waals surface area contributed by atoms with Crippen molar-refractivity contribution in [2.24, 2.45) is 0 Å². The molecule has 1 N–H and O–H groups in total. The topological polar surface area (TPSA) is 41.6 Å². The number of amides is 1. The van der Waals surface area contributed by atoms with E-state index in [0.29, 0.717) is 18.9 Å². The number of nitrogens with zero attached hydrogens (tertiary/aromatic N) is 1. The van der Waals surface area contributed by atoms with Crippen LogP contribution in [0.4, 0.5) is 5.69 Å². The average molecular weight is 379 g/mol. The third-order valence-electron chi connectivity index (χ3n) is 6.07. The molecule has 1 unspecified atom stereocenters. The van der Waals surface area contributed by atoms with Crippen molar-refractivity contribution in [2.45, 2.75) is 44.4 Å². The Morgan fingerprint density at radius 1 is 1.11 bits per heavy atom. The summed E-state index contributed by atoms with van der Waals surface area (Å²) in [6, 6.07) is 17.0. The summed E-state index contributed by atoms with van der Waals surface area (Å²) < 4.78 is 5.95. The predicted octanol–water partition coefficient (Wildman–Crippen LogP) is 4.78. The molecule has 2 aromatic rings. The fourth-order valence-electron chi connectivity index (χ4n) is 4.45. The molecule has 0 spiro atoms. The molecule has 1 atom stereocenters. The van der Waals surface area contributed by atoms with Crippen LogP contribution in [0, 0.1) is 0 Å². The Balaban J connectivity index is 1.20. The molecule has 0 aliphatic carbocycles. The molecule has 2 heterocycles. The van der Waals surface area contributed by atoms with Crippen LogP contribution in [0.5, 0.6) is 5.75 Å². The van der Waals surface area contributed by atoms with Crippen LogP contribution in [0.25, 0.3) is 0 Å². The Morgan fingerprint density at radius 2 is 1.89 bits per heavy atom. The van der Waals surface area contributed by atoms with E-state index in [1.54, 1.807) is 0 Å². The molecule has 4 nitrogen and oxygen atoms in total. The number of ether oxygens (including phenoxy) is 1. The van der Waals surface area contributed by atoms with Gasteiger partial charge in [-0.25, -0.2) is 0 Å². The molecule has 2 aliphatic heterocycles. The van der Waals surface area contributed by atoms with E-state index in [2.05, 4.69) is 53.5 Å². The summed E-state index contributed by atoms with van der Waals surface area (Å²) in [5.41, 5.74) is 3.59. The van der Waals surface area contributed by atoms with Gasteiger partial charge in [0.05, 0.1) is 6.61 Å². The molecule has 1 fully saturated rings. The lowest BCUT2D eigenvalue weighted by Crippen LogP contribution is -2.34. The van der Waals surface area contributed by atoms with Gasteiger partial charge >= 0.3 is 0 Å². The van der Waals surface area contributed by atoms with Crippen LogP contribution in [0.15, 0.2) is 48.5 Å². The maximum absolute atomic E-state index is 11.7. The molecule has 0 saturated carbocycles. The van der Waals surface area contributed by atoms with Gasteiger partial charge < -0.3 is 15.0 Å². The molecule has 1 amide bonds. The Labute approximate surface area is 167 Å². The second-order valence-electron chi connectivity index (χ2n) is 8.13. The zero-order chi connectivity index (χ0) is 19.3. The summed E-state index contributed by atoms with van der Waals surface area (Å²) in [7, 11) is 0. The zero-order valence-corrected chi connectivity index (χ0v) is 16.7. The van der Waals surface area contributed by atoms with Gasteiger partial charge in [-0.15, -0.1) is 0 Å². The van der Waals surface area contributed by atoms with Crippen LogP contribution in [0.2, 0.25) is 0 Å². The number of fused-ring (bicyclic) bond motifs is 1. The first-order valence-electron chi connectivity index (χ1n) is 10.5. The van der Waals surface area contributed by atoms with Crippen molar-refractivity contribution in [3.05, 3.63) is 59.7 Å². The lowest BCUT2D eigenvalue weighted by Gasteiger charge is -2.32. The van der Waals surface area contributed by atoms with Crippen LogP contribution >= 0.6 is 0 Å². The molecule has 28 heavy (non-hydrogen) atoms. The van der Waals surface area contributed by atoms with E-state index in [1.165, 1.54) is 37.1 Å². The van der Waals surface area contributed by atoms with Gasteiger partial charge in [0.15, 0.2) is 0 Å². The zero-order valence-electron chi connectivity index (χ0n) is 16.7. The third-order valence-corrected chi connectivity index (χ3v) is 6.07. The van der Waals surface area contributed by atoms with Crippen LogP contribution in [-0.4, -0.2) is 37.0 Å². The number of hydrogen-bond acceptors (Lipinski definition) is 3. The van der Waals surface area contributed by atoms with Gasteiger partial charge in [-0.2, -0.15) is 0 Å². The highest BCUT2D eigenvalue weighted by Crippen LogP contribution is 2.34. The fourth-order valence-corrected chi connectivity index (χ4v) is 4.45. The number of carbonyl (C=O) groups excluding carboxylic acids is 1. The van der Waals surface area contributed by atoms with Crippen molar-refractivity contribution < 1.29 is 9.53 Å². The molecule has 2 aromatic carbocycles. The summed E-state index contributed by atoms with van der Waals surface area (Å²) in [6.45, 7) is 6.23. The van der Waals surface area contributed by atoms with Crippen LogP contribution in [-0.2, 0) is 4.79 Å². The number of carbonyl (C=O) groups is 1. The van der Waals surface area contributed by atoms with Crippen LogP contribution in [0.3, 0.4) is 0 Å². The monoisotopic (exact) mass is 378 g/mol. The summed E-state index contributed by atoms with van der Waals surface area (Å²) in [4.78, 5) is 14.3. The van der Waals surface area contributed by atoms with Crippen molar-refractivity contribution in [2.75, 3.05) is 31.6 Å². The SMILES string of the molecule is CC1CC(=O)Nc2cc(OCCCN3CCC(c4ccccc4)CC3)ccc21. The van der Waals surface area contributed by atoms with Crippen molar-refractivity contribution in [3.63, 3.8) is 0 Å². The van der Waals surface area contributed by atoms with E-state index in [0.717, 1.165) is 24.4 Å². The number of piperidine rings is 1. The molecule has 148 valence electrons. The molecule has 0 bridgehead atoms. The first kappa shape index (κ1) is 19.0. The standard InChI is InChI=1S/C24H30N2O2/c1-18-16-24(27)25-23-17-21(8-9-22(18)23)28-15-5-12-26-13-10-20(11-14-26)19-6-3-2-4-7-19/h2-4,6-9,17-18,20H,5,10-16H2,1H3,(H,25,27). The van der Waals surface area contributed by atoms with E-state index in [1.807, 2.05) is 12.1 Å². The molecular weight excluding hydrogens is 348 g/mol. The largest absolute Gasteiger partial charge is 0.493 e. The maximum Gasteiger partial charge on any atom is 0.224 e. The highest BCUT2D eigenvalue weighted by Gasteiger charge is 2.22. The number of hydrogen-bond donors (Lipinski definition) is 1. The Kier molecular flexibility index (Phi) is 5.96. The first-order chi connectivity index (χ1) is 13.7. The molecule has 0 radical (unpaired) electrons. The highest BCUT2D eigenvalue weighted by atomic mass is 16.5. The van der Waals surface area contributed by atoms with Crippen molar-refractivity contribution in [1.29, 1.82) is 0 Å². The number of nitrogens with one attached hydrogen (secondary N) is 1. The van der Waals surface area contributed by atoms with Gasteiger partial charge in [0.25, 0.3) is 0 Å². The average Bonchev–Trinajstić information content (AvgIpc) is 2.72. The van der Waals surface area contributed by atoms with Gasteiger partial charge in [0, 0.05) is 24.7 Å². The van der Waals surface area contributed by atoms with Gasteiger partial charge in [-0.3, -0.25) is 4.79 Å². The molecular formula is C24H30N2O2. The predicted molar refractivity (Wildman–Crippen MR) is 113 cm³/mol. The second-order valence-corrected chi connectivity index (χ2v) is 8.13. The lowest BCUT2D eigenvalue weighted by atomic mass is 9.89. The van der Waals surface area contributed by atoms with Crippen molar-refractivity contribution in [1.82, 2.24) is 4.90 Å². The van der Waals surface area contributed by atoms with Gasteiger partial charge in [-0.1, -0.05) is 43.3 Å². The van der Waals surface area contributed by atoms with Gasteiger partial charge in [0.1, 0.15) is 5.75 Å². The summed E-state index contributed by atoms with van der Waals surface area (Å²) in [5, 5.41) is 2.96. The van der Waals surface area contributed by atoms with Crippen LogP contribution < -0.4 is 10.1 Å². The minimum absolute atomic E-state index is 0.0936. The van der Waals surface area contributed by atoms with Crippen LogP contribution in [0.1, 0.15) is 55.6 Å². The van der Waals surface area contributed by atoms with E-state index in [9.17, 15) is 4.79 Å². The Hall–Kier alpha value is -2.33. The maximum atomic E-state index is 11.7. The lowest BCUT2D eigenvalue weighted by molar-refractivity contribution is -0.116. The van der Waals surface area contributed by atoms with Crippen molar-refractivity contribution in [3.8, 4) is 5.75 Å². The van der Waals surface area contributed by atoms with E-state index < -0.39 is 0 Å². The number of rotatable bonds is 6. The smallest absolute Gasteiger partial charge is 0.224 e. The number of anilines is 1. The van der Waals surface area contributed by atoms with E-state index in [4.69, 9.17) is 4.74 Å². The number of likely N-dealkylation sites (tertiary alicyclic amines) is 1. The normalized spacial score (nSPS) is 20.5. The summed E-state index contributed by atoms with van der Waals surface area (Å²) in [6.07, 6.45) is 4.07. The minimum atomic E-state index is 0.0936. The second kappa shape index (κ2) is 8.78. The molecule has 4 rings (SSSR count). The first-order valence-corrected chi connectivity index (χ1v) is 10.5. The van der Waals surface area contributed by atoms with E-state index >= 15 is 0 Å². The van der Waals surface area contributed by atoms with Gasteiger partial charge in [-0.05, 0) is 61.4 Å². The van der Waals surface area contributed by atoms with E-state index in [-0.39, 0.29) is 11.8 Å². The molecule has 1 saturated heterocycles. The quantitative estimate of drug-likeness (QED) is 0.736. The Morgan fingerprint density at radius 3 is 2.68 bits per heavy atom. The summed E-state index contributed by atoms with van der Waals surface area (Å²) in [5.74, 6) is 1.92. The highest BCUT2D eigenvalue weighted by molar-refractivity contribution is 5.94. The van der Waals surface area contributed by atoms with Gasteiger partial charge in [0.2, 0.25) is 5.91 Å². The third kappa shape index (κ3) is 4.56. The number of benzene rings is 2. The molecule has 2 aliphatic rings. The molecule has 0 aromatic heterocycles. The molecule has 4 heteroatoms. The fraction of sp³-hybridized carbons (Fsp3) is 0.458. The van der Waals surface area contributed by atoms with Crippen molar-refractivity contribution >= 4 is 11.6 Å². The summed E-state index contributed by atoms with van der Waals surface area (Å²) >= 11 is 0.